The smallest absolute Gasteiger partial charge is 0.318 e. The minimum Gasteiger partial charge on any atom is -0.336 e. The SMILES string of the molecule is Cc1cccc(C2CNC(=O)N2CCN)c1. The Kier molecular flexibility index (Phi) is 3.10. The Morgan fingerprint density at radius 1 is 1.56 bits per heavy atom. The third-order valence-electron chi connectivity index (χ3n) is 2.88. The van der Waals surface area contributed by atoms with E-state index < -0.39 is 0 Å². The number of nitrogens with one attached hydrogen (secondary N) is 1. The third kappa shape index (κ3) is 2.02. The van der Waals surface area contributed by atoms with Crippen LogP contribution < -0.4 is 11.1 Å². The fourth-order valence-corrected chi connectivity index (χ4v) is 2.11. The van der Waals surface area contributed by atoms with Gasteiger partial charge in [0.2, 0.25) is 0 Å². The summed E-state index contributed by atoms with van der Waals surface area (Å²) in [6.45, 7) is 3.82. The van der Waals surface area contributed by atoms with Crippen LogP contribution in [0.2, 0.25) is 0 Å². The number of carbonyl (C=O) groups excluding carboxylic acids is 1. The zero-order chi connectivity index (χ0) is 11.5. The van der Waals surface area contributed by atoms with Gasteiger partial charge in [-0.15, -0.1) is 0 Å². The molecule has 1 heterocycles. The van der Waals surface area contributed by atoms with E-state index in [1.807, 2.05) is 6.07 Å². The number of aryl methyl sites for hydroxylation is 1. The molecule has 1 unspecified atom stereocenters. The van der Waals surface area contributed by atoms with Crippen LogP contribution >= 0.6 is 0 Å². The van der Waals surface area contributed by atoms with Crippen LogP contribution in [0.4, 0.5) is 4.79 Å². The second-order valence-electron chi connectivity index (χ2n) is 4.10. The Balaban J connectivity index is 2.23. The highest BCUT2D eigenvalue weighted by Crippen LogP contribution is 2.24. The second kappa shape index (κ2) is 4.53. The summed E-state index contributed by atoms with van der Waals surface area (Å²) in [7, 11) is 0. The lowest BCUT2D eigenvalue weighted by atomic mass is 10.0. The molecule has 0 aliphatic carbocycles. The van der Waals surface area contributed by atoms with Crippen LogP contribution in [0.3, 0.4) is 0 Å². The summed E-state index contributed by atoms with van der Waals surface area (Å²) in [5, 5.41) is 2.85. The van der Waals surface area contributed by atoms with Gasteiger partial charge in [-0.2, -0.15) is 0 Å². The average molecular weight is 219 g/mol. The molecule has 0 spiro atoms. The van der Waals surface area contributed by atoms with Crippen molar-refractivity contribution in [2.24, 2.45) is 5.73 Å². The lowest BCUT2D eigenvalue weighted by molar-refractivity contribution is 0.206. The molecule has 0 radical (unpaired) electrons. The lowest BCUT2D eigenvalue weighted by Gasteiger charge is -2.22. The van der Waals surface area contributed by atoms with E-state index in [9.17, 15) is 4.79 Å². The summed E-state index contributed by atoms with van der Waals surface area (Å²) >= 11 is 0. The van der Waals surface area contributed by atoms with Crippen LogP contribution in [-0.2, 0) is 0 Å². The molecule has 16 heavy (non-hydrogen) atoms. The number of nitrogens with zero attached hydrogens (tertiary/aromatic N) is 1. The van der Waals surface area contributed by atoms with Gasteiger partial charge in [0.25, 0.3) is 0 Å². The summed E-state index contributed by atoms with van der Waals surface area (Å²) < 4.78 is 0. The van der Waals surface area contributed by atoms with Gasteiger partial charge in [-0.25, -0.2) is 4.79 Å². The number of rotatable bonds is 3. The summed E-state index contributed by atoms with van der Waals surface area (Å²) in [6.07, 6.45) is 0. The zero-order valence-electron chi connectivity index (χ0n) is 9.44. The van der Waals surface area contributed by atoms with Crippen LogP contribution in [-0.4, -0.2) is 30.6 Å². The highest BCUT2D eigenvalue weighted by atomic mass is 16.2. The third-order valence-corrected chi connectivity index (χ3v) is 2.88. The molecular formula is C12H17N3O. The maximum absolute atomic E-state index is 11.6. The Morgan fingerprint density at radius 3 is 3.06 bits per heavy atom. The maximum Gasteiger partial charge on any atom is 0.318 e. The normalized spacial score (nSPS) is 20.0. The Morgan fingerprint density at radius 2 is 2.38 bits per heavy atom. The van der Waals surface area contributed by atoms with Crippen molar-refractivity contribution in [3.63, 3.8) is 0 Å². The van der Waals surface area contributed by atoms with Crippen molar-refractivity contribution in [2.45, 2.75) is 13.0 Å². The number of urea groups is 1. The first-order valence-electron chi connectivity index (χ1n) is 5.53. The van der Waals surface area contributed by atoms with Crippen molar-refractivity contribution in [2.75, 3.05) is 19.6 Å². The molecule has 2 rings (SSSR count). The highest BCUT2D eigenvalue weighted by molar-refractivity contribution is 5.77. The molecule has 3 N–H and O–H groups in total. The van der Waals surface area contributed by atoms with Crippen LogP contribution in [0.25, 0.3) is 0 Å². The second-order valence-corrected chi connectivity index (χ2v) is 4.10. The van der Waals surface area contributed by atoms with Crippen molar-refractivity contribution in [1.29, 1.82) is 0 Å². The van der Waals surface area contributed by atoms with Gasteiger partial charge in [0.1, 0.15) is 0 Å². The lowest BCUT2D eigenvalue weighted by Crippen LogP contribution is -2.34. The van der Waals surface area contributed by atoms with E-state index in [-0.39, 0.29) is 12.1 Å². The van der Waals surface area contributed by atoms with Crippen LogP contribution in [0.5, 0.6) is 0 Å². The molecule has 1 aliphatic rings. The highest BCUT2D eigenvalue weighted by Gasteiger charge is 2.30. The summed E-state index contributed by atoms with van der Waals surface area (Å²) in [4.78, 5) is 13.4. The maximum atomic E-state index is 11.6. The van der Waals surface area contributed by atoms with Gasteiger partial charge >= 0.3 is 6.03 Å². The predicted molar refractivity (Wildman–Crippen MR) is 63.1 cm³/mol. The molecule has 4 nitrogen and oxygen atoms in total. The first-order chi connectivity index (χ1) is 7.72. The molecule has 1 aromatic rings. The van der Waals surface area contributed by atoms with Gasteiger partial charge in [0.15, 0.2) is 0 Å². The molecule has 2 amide bonds. The van der Waals surface area contributed by atoms with E-state index in [1.165, 1.54) is 11.1 Å². The van der Waals surface area contributed by atoms with Gasteiger partial charge in [0.05, 0.1) is 6.04 Å². The molecular weight excluding hydrogens is 202 g/mol. The minimum atomic E-state index is -0.0167. The number of benzene rings is 1. The largest absolute Gasteiger partial charge is 0.336 e. The van der Waals surface area contributed by atoms with Crippen molar-refractivity contribution in [3.05, 3.63) is 35.4 Å². The Labute approximate surface area is 95.4 Å². The fourth-order valence-electron chi connectivity index (χ4n) is 2.11. The molecule has 4 heteroatoms. The van der Waals surface area contributed by atoms with E-state index in [0.29, 0.717) is 19.6 Å². The predicted octanol–water partition coefficient (Wildman–Crippen LogP) is 1.02. The zero-order valence-corrected chi connectivity index (χ0v) is 9.44. The van der Waals surface area contributed by atoms with E-state index in [2.05, 4.69) is 30.4 Å². The number of hydrogen-bond donors (Lipinski definition) is 2. The van der Waals surface area contributed by atoms with Gasteiger partial charge in [-0.05, 0) is 12.5 Å². The van der Waals surface area contributed by atoms with Crippen LogP contribution in [0, 0.1) is 6.92 Å². The summed E-state index contributed by atoms with van der Waals surface area (Å²) in [5.74, 6) is 0. The number of amides is 2. The molecule has 1 atom stereocenters. The number of nitrogens with two attached hydrogens (primary N) is 1. The molecule has 0 saturated carbocycles. The van der Waals surface area contributed by atoms with Crippen LogP contribution in [0.1, 0.15) is 17.2 Å². The molecule has 0 aromatic heterocycles. The standard InChI is InChI=1S/C12H17N3O/c1-9-3-2-4-10(7-9)11-8-14-12(16)15(11)6-5-13/h2-4,7,11H,5-6,8,13H2,1H3,(H,14,16). The first-order valence-corrected chi connectivity index (χ1v) is 5.53. The fraction of sp³-hybridized carbons (Fsp3) is 0.417. The Hall–Kier alpha value is -1.55. The van der Waals surface area contributed by atoms with Crippen LogP contribution in [0.15, 0.2) is 24.3 Å². The number of hydrogen-bond acceptors (Lipinski definition) is 2. The molecule has 1 aliphatic heterocycles. The monoisotopic (exact) mass is 219 g/mol. The van der Waals surface area contributed by atoms with E-state index in [0.717, 1.165) is 0 Å². The minimum absolute atomic E-state index is 0.0167. The number of carbonyl (C=O) groups is 1. The summed E-state index contributed by atoms with van der Waals surface area (Å²) in [5.41, 5.74) is 7.90. The van der Waals surface area contributed by atoms with Gasteiger partial charge in [-0.3, -0.25) is 0 Å². The molecule has 1 aromatic carbocycles. The van der Waals surface area contributed by atoms with Gasteiger partial charge < -0.3 is 16.0 Å². The van der Waals surface area contributed by atoms with Crippen molar-refractivity contribution in [3.8, 4) is 0 Å². The topological polar surface area (TPSA) is 58.4 Å². The van der Waals surface area contributed by atoms with Gasteiger partial charge in [0, 0.05) is 19.6 Å². The molecule has 1 saturated heterocycles. The molecule has 1 fully saturated rings. The van der Waals surface area contributed by atoms with Crippen molar-refractivity contribution < 1.29 is 4.79 Å². The first kappa shape index (κ1) is 11.0. The summed E-state index contributed by atoms with van der Waals surface area (Å²) in [6, 6.07) is 8.36. The molecule has 86 valence electrons. The van der Waals surface area contributed by atoms with E-state index in [4.69, 9.17) is 5.73 Å². The van der Waals surface area contributed by atoms with E-state index in [1.54, 1.807) is 4.90 Å². The van der Waals surface area contributed by atoms with E-state index >= 15 is 0 Å². The van der Waals surface area contributed by atoms with Crippen molar-refractivity contribution >= 4 is 6.03 Å². The van der Waals surface area contributed by atoms with Crippen molar-refractivity contribution in [1.82, 2.24) is 10.2 Å². The average Bonchev–Trinajstić information content (AvgIpc) is 2.61. The molecule has 0 bridgehead atoms. The van der Waals surface area contributed by atoms with Gasteiger partial charge in [-0.1, -0.05) is 29.8 Å². The Bertz CT molecular complexity index is 392. The quantitative estimate of drug-likeness (QED) is 0.797.